The molecule has 47 heavy (non-hydrogen) atoms. The second kappa shape index (κ2) is 14.4. The second-order valence-corrected chi connectivity index (χ2v) is 11.3. The molecule has 0 saturated heterocycles. The van der Waals surface area contributed by atoms with Crippen molar-refractivity contribution >= 4 is 23.2 Å². The number of carbonyl (C=O) groups excluding carboxylic acids is 2. The summed E-state index contributed by atoms with van der Waals surface area (Å²) in [5.41, 5.74) is 5.24. The minimum Gasteiger partial charge on any atom is -0.465 e. The fourth-order valence-electron chi connectivity index (χ4n) is 5.82. The highest BCUT2D eigenvalue weighted by Crippen LogP contribution is 2.31. The quantitative estimate of drug-likeness (QED) is 0.112. The van der Waals surface area contributed by atoms with Crippen LogP contribution in [0.5, 0.6) is 6.01 Å². The summed E-state index contributed by atoms with van der Waals surface area (Å²) in [6, 6.07) is 21.7. The molecule has 5 aromatic rings. The van der Waals surface area contributed by atoms with Crippen molar-refractivity contribution in [3.63, 3.8) is 0 Å². The Kier molecular flexibility index (Phi) is 9.75. The molecule has 0 N–H and O–H groups in total. The van der Waals surface area contributed by atoms with E-state index in [0.29, 0.717) is 42.6 Å². The van der Waals surface area contributed by atoms with Crippen LogP contribution < -0.4 is 4.74 Å². The summed E-state index contributed by atoms with van der Waals surface area (Å²) in [4.78, 5) is 32.0. The lowest BCUT2D eigenvalue weighted by Gasteiger charge is -2.22. The maximum absolute atomic E-state index is 13.4. The van der Waals surface area contributed by atoms with Crippen molar-refractivity contribution in [3.05, 3.63) is 77.9 Å². The Morgan fingerprint density at radius 3 is 2.40 bits per heavy atom. The fraction of sp³-hybridized carbons (Fsp3) is 0.371. The van der Waals surface area contributed by atoms with Gasteiger partial charge < -0.3 is 18.9 Å². The van der Waals surface area contributed by atoms with Crippen molar-refractivity contribution in [3.8, 4) is 28.5 Å². The molecular weight excluding hydrogens is 600 g/mol. The Labute approximate surface area is 272 Å². The Balaban J connectivity index is 1.22. The number of aromatic nitrogens is 6. The summed E-state index contributed by atoms with van der Waals surface area (Å²) in [6.45, 7) is 6.75. The van der Waals surface area contributed by atoms with Gasteiger partial charge in [-0.1, -0.05) is 61.0 Å². The van der Waals surface area contributed by atoms with Gasteiger partial charge in [0.25, 0.3) is 6.01 Å². The molecule has 0 aliphatic heterocycles. The normalized spacial score (nSPS) is 14.1. The summed E-state index contributed by atoms with van der Waals surface area (Å²) < 4.78 is 24.0. The molecule has 1 aliphatic carbocycles. The minimum atomic E-state index is -1.14. The number of nitrogens with zero attached hydrogens (tertiary/aromatic N) is 6. The highest BCUT2D eigenvalue weighted by molar-refractivity contribution is 6.02. The molecule has 12 nitrogen and oxygen atoms in total. The fourth-order valence-corrected chi connectivity index (χ4v) is 5.82. The number of fused-ring (bicyclic) bond motifs is 1. The van der Waals surface area contributed by atoms with E-state index in [1.54, 1.807) is 16.9 Å². The van der Waals surface area contributed by atoms with Crippen LogP contribution >= 0.6 is 0 Å². The maximum atomic E-state index is 13.4. The van der Waals surface area contributed by atoms with Gasteiger partial charge in [0.2, 0.25) is 12.1 Å². The van der Waals surface area contributed by atoms with Crippen LogP contribution in [0.4, 0.5) is 4.79 Å². The van der Waals surface area contributed by atoms with E-state index in [0.717, 1.165) is 54.4 Å². The molecule has 244 valence electrons. The molecule has 0 radical (unpaired) electrons. The summed E-state index contributed by atoms with van der Waals surface area (Å²) in [5.74, 6) is -0.0867. The third-order valence-electron chi connectivity index (χ3n) is 8.08. The molecule has 1 unspecified atom stereocenters. The number of tetrazole rings is 1. The first-order valence-electron chi connectivity index (χ1n) is 16.1. The van der Waals surface area contributed by atoms with Gasteiger partial charge in [0, 0.05) is 12.5 Å². The van der Waals surface area contributed by atoms with E-state index < -0.39 is 18.4 Å². The number of imidazole rings is 1. The van der Waals surface area contributed by atoms with Crippen molar-refractivity contribution in [2.45, 2.75) is 78.4 Å². The van der Waals surface area contributed by atoms with Crippen LogP contribution in [-0.2, 0) is 27.3 Å². The predicted molar refractivity (Wildman–Crippen MR) is 174 cm³/mol. The number of benzene rings is 3. The van der Waals surface area contributed by atoms with Crippen LogP contribution in [0, 0.1) is 0 Å². The Hall–Kier alpha value is -5.26. The molecule has 2 heterocycles. The SMILES string of the molecule is CCOc1nc2cccc(C(=O)OC(C)OC(=O)OC3CCCCC3)c2n1Cc1ccc(-c2ccccc2-c2nnn(CC)n2)cc1. The molecular formula is C35H38N6O6. The van der Waals surface area contributed by atoms with E-state index in [-0.39, 0.29) is 11.7 Å². The van der Waals surface area contributed by atoms with Crippen LogP contribution in [0.25, 0.3) is 33.5 Å². The van der Waals surface area contributed by atoms with Crippen molar-refractivity contribution in [2.75, 3.05) is 6.61 Å². The van der Waals surface area contributed by atoms with Crippen molar-refractivity contribution < 1.29 is 28.5 Å². The van der Waals surface area contributed by atoms with Crippen LogP contribution in [0.1, 0.15) is 68.8 Å². The number of para-hydroxylation sites is 1. The van der Waals surface area contributed by atoms with E-state index in [4.69, 9.17) is 18.9 Å². The van der Waals surface area contributed by atoms with Gasteiger partial charge in [-0.15, -0.1) is 10.2 Å². The largest absolute Gasteiger partial charge is 0.511 e. The molecule has 2 aromatic heterocycles. The number of esters is 1. The number of aryl methyl sites for hydroxylation is 1. The Bertz CT molecular complexity index is 1840. The lowest BCUT2D eigenvalue weighted by molar-refractivity contribution is -0.0914. The van der Waals surface area contributed by atoms with Crippen molar-refractivity contribution in [2.24, 2.45) is 0 Å². The first kappa shape index (κ1) is 31.7. The van der Waals surface area contributed by atoms with E-state index in [9.17, 15) is 9.59 Å². The van der Waals surface area contributed by atoms with E-state index in [2.05, 4.69) is 20.4 Å². The lowest BCUT2D eigenvalue weighted by atomic mass is 9.98. The molecule has 1 atom stereocenters. The molecule has 1 saturated carbocycles. The van der Waals surface area contributed by atoms with Crippen LogP contribution in [-0.4, -0.2) is 60.9 Å². The second-order valence-electron chi connectivity index (χ2n) is 11.3. The highest BCUT2D eigenvalue weighted by Gasteiger charge is 2.25. The van der Waals surface area contributed by atoms with Gasteiger partial charge in [-0.2, -0.15) is 9.78 Å². The highest BCUT2D eigenvalue weighted by atomic mass is 16.8. The zero-order chi connectivity index (χ0) is 32.8. The van der Waals surface area contributed by atoms with Crippen LogP contribution in [0.15, 0.2) is 66.7 Å². The zero-order valence-electron chi connectivity index (χ0n) is 26.8. The van der Waals surface area contributed by atoms with E-state index in [1.165, 1.54) is 6.92 Å². The summed E-state index contributed by atoms with van der Waals surface area (Å²) >= 11 is 0. The van der Waals surface area contributed by atoms with Gasteiger partial charge in [0.1, 0.15) is 6.10 Å². The first-order valence-corrected chi connectivity index (χ1v) is 16.1. The Morgan fingerprint density at radius 2 is 1.68 bits per heavy atom. The molecule has 0 spiro atoms. The molecule has 1 aliphatic rings. The molecule has 3 aromatic carbocycles. The van der Waals surface area contributed by atoms with Gasteiger partial charge in [0.15, 0.2) is 0 Å². The number of hydrogen-bond donors (Lipinski definition) is 0. The monoisotopic (exact) mass is 638 g/mol. The molecule has 6 rings (SSSR count). The van der Waals surface area contributed by atoms with Gasteiger partial charge in [-0.3, -0.25) is 4.57 Å². The number of ether oxygens (including phenoxy) is 4. The summed E-state index contributed by atoms with van der Waals surface area (Å²) in [7, 11) is 0. The molecule has 1 fully saturated rings. The summed E-state index contributed by atoms with van der Waals surface area (Å²) in [6.07, 6.45) is 2.65. The third kappa shape index (κ3) is 7.26. The zero-order valence-corrected chi connectivity index (χ0v) is 26.8. The topological polar surface area (TPSA) is 132 Å². The van der Waals surface area contributed by atoms with Gasteiger partial charge >= 0.3 is 12.1 Å². The Morgan fingerprint density at radius 1 is 0.915 bits per heavy atom. The third-order valence-corrected chi connectivity index (χ3v) is 8.08. The molecule has 0 amide bonds. The van der Waals surface area contributed by atoms with Crippen molar-refractivity contribution in [1.82, 2.24) is 29.8 Å². The number of rotatable bonds is 11. The molecule has 0 bridgehead atoms. The summed E-state index contributed by atoms with van der Waals surface area (Å²) in [5, 5.41) is 12.8. The maximum Gasteiger partial charge on any atom is 0.511 e. The van der Waals surface area contributed by atoms with E-state index in [1.807, 2.05) is 73.0 Å². The average Bonchev–Trinajstić information content (AvgIpc) is 3.70. The van der Waals surface area contributed by atoms with Crippen molar-refractivity contribution in [1.29, 1.82) is 0 Å². The average molecular weight is 639 g/mol. The lowest BCUT2D eigenvalue weighted by Crippen LogP contribution is -2.26. The van der Waals surface area contributed by atoms with Gasteiger partial charge in [-0.05, 0) is 73.6 Å². The first-order chi connectivity index (χ1) is 22.9. The molecule has 12 heteroatoms. The minimum absolute atomic E-state index is 0.164. The predicted octanol–water partition coefficient (Wildman–Crippen LogP) is 6.81. The number of carbonyl (C=O) groups is 2. The van der Waals surface area contributed by atoms with Gasteiger partial charge in [0.05, 0.1) is 36.3 Å². The van der Waals surface area contributed by atoms with Gasteiger partial charge in [-0.25, -0.2) is 9.59 Å². The smallest absolute Gasteiger partial charge is 0.465 e. The van der Waals surface area contributed by atoms with E-state index >= 15 is 0 Å². The standard InChI is InChI=1S/C35H38N6O6/c1-4-41-38-32(37-39-41)28-15-10-9-14-27(28)25-20-18-24(19-21-25)22-40-31-29(16-11-17-30(31)36-34(40)44-5-2)33(42)45-23(3)46-35(43)47-26-12-7-6-8-13-26/h9-11,14-21,23,26H,4-8,12-13,22H2,1-3H3. The number of hydrogen-bond acceptors (Lipinski definition) is 10. The van der Waals surface area contributed by atoms with Crippen LogP contribution in [0.2, 0.25) is 0 Å². The van der Waals surface area contributed by atoms with Crippen LogP contribution in [0.3, 0.4) is 0 Å².